The third kappa shape index (κ3) is 9.15. The van der Waals surface area contributed by atoms with Crippen molar-refractivity contribution in [2.24, 2.45) is 4.99 Å². The number of ether oxygens (including phenoxy) is 1. The molecule has 1 unspecified atom stereocenters. The van der Waals surface area contributed by atoms with Crippen LogP contribution in [-0.4, -0.2) is 107 Å². The summed E-state index contributed by atoms with van der Waals surface area (Å²) in [6.45, 7) is 8.61. The van der Waals surface area contributed by atoms with Gasteiger partial charge in [-0.1, -0.05) is 0 Å². The fourth-order valence-corrected chi connectivity index (χ4v) is 4.53. The van der Waals surface area contributed by atoms with Gasteiger partial charge in [0, 0.05) is 59.0 Å². The van der Waals surface area contributed by atoms with E-state index in [-0.39, 0.29) is 30.4 Å². The molecule has 0 aromatic rings. The number of carbonyl (C=O) groups excluding carboxylic acids is 1. The highest BCUT2D eigenvalue weighted by Gasteiger charge is 2.22. The van der Waals surface area contributed by atoms with Gasteiger partial charge in [-0.3, -0.25) is 14.7 Å². The smallest absolute Gasteiger partial charge is 0.234 e. The monoisotopic (exact) mass is 446 g/mol. The normalized spacial score (nSPS) is 21.7. The molecule has 174 valence electrons. The zero-order chi connectivity index (χ0) is 22.0. The first-order valence-corrected chi connectivity index (χ1v) is 12.5. The summed E-state index contributed by atoms with van der Waals surface area (Å²) in [5.74, 6) is 0.707. The van der Waals surface area contributed by atoms with Gasteiger partial charge in [-0.25, -0.2) is 13.1 Å². The quantitative estimate of drug-likeness (QED) is 0.313. The first kappa shape index (κ1) is 24.8. The molecule has 2 heterocycles. The number of piperazine rings is 1. The van der Waals surface area contributed by atoms with Crippen LogP contribution in [0.5, 0.6) is 0 Å². The Bertz CT molecular complexity index is 656. The van der Waals surface area contributed by atoms with E-state index in [0.29, 0.717) is 25.7 Å². The van der Waals surface area contributed by atoms with E-state index < -0.39 is 10.0 Å². The second-order valence-corrected chi connectivity index (χ2v) is 10.0. The summed E-state index contributed by atoms with van der Waals surface area (Å²) in [6, 6.07) is 0.141. The molecule has 0 aliphatic carbocycles. The summed E-state index contributed by atoms with van der Waals surface area (Å²) >= 11 is 0. The van der Waals surface area contributed by atoms with Crippen LogP contribution in [0.3, 0.4) is 0 Å². The van der Waals surface area contributed by atoms with Crippen LogP contribution in [0.2, 0.25) is 0 Å². The lowest BCUT2D eigenvalue weighted by atomic mass is 10.1. The summed E-state index contributed by atoms with van der Waals surface area (Å²) in [4.78, 5) is 20.4. The topological polar surface area (TPSA) is 115 Å². The Kier molecular flexibility index (Phi) is 10.3. The maximum absolute atomic E-state index is 12.2. The lowest BCUT2D eigenvalue weighted by molar-refractivity contribution is -0.123. The predicted octanol–water partition coefficient (Wildman–Crippen LogP) is -0.807. The molecule has 0 bridgehead atoms. The summed E-state index contributed by atoms with van der Waals surface area (Å²) in [5, 5.41) is 6.05. The number of carbonyl (C=O) groups is 1. The van der Waals surface area contributed by atoms with E-state index in [9.17, 15) is 13.2 Å². The minimum absolute atomic E-state index is 0.0198. The van der Waals surface area contributed by atoms with E-state index in [0.717, 1.165) is 45.4 Å². The van der Waals surface area contributed by atoms with Crippen LogP contribution in [0, 0.1) is 0 Å². The molecule has 3 N–H and O–H groups in total. The molecule has 2 aliphatic heterocycles. The summed E-state index contributed by atoms with van der Waals surface area (Å²) in [5.41, 5.74) is 0. The van der Waals surface area contributed by atoms with Crippen LogP contribution < -0.4 is 15.4 Å². The molecule has 1 atom stereocenters. The van der Waals surface area contributed by atoms with Crippen molar-refractivity contribution in [3.8, 4) is 0 Å². The highest BCUT2D eigenvalue weighted by Crippen LogP contribution is 2.11. The maximum Gasteiger partial charge on any atom is 0.234 e. The van der Waals surface area contributed by atoms with Gasteiger partial charge < -0.3 is 20.3 Å². The van der Waals surface area contributed by atoms with Gasteiger partial charge in [-0.2, -0.15) is 0 Å². The van der Waals surface area contributed by atoms with Gasteiger partial charge >= 0.3 is 0 Å². The molecule has 0 radical (unpaired) electrons. The van der Waals surface area contributed by atoms with Crippen LogP contribution in [-0.2, 0) is 19.6 Å². The predicted molar refractivity (Wildman–Crippen MR) is 118 cm³/mol. The van der Waals surface area contributed by atoms with Crippen LogP contribution in [0.15, 0.2) is 4.99 Å². The molecule has 30 heavy (non-hydrogen) atoms. The van der Waals surface area contributed by atoms with Gasteiger partial charge in [0.25, 0.3) is 0 Å². The molecular weight excluding hydrogens is 408 g/mol. The number of nitrogens with one attached hydrogen (secondary N) is 3. The molecule has 2 fully saturated rings. The summed E-state index contributed by atoms with van der Waals surface area (Å²) in [7, 11) is -1.67. The Balaban J connectivity index is 1.67. The fourth-order valence-electron chi connectivity index (χ4n) is 3.58. The average molecular weight is 447 g/mol. The van der Waals surface area contributed by atoms with Gasteiger partial charge in [-0.05, 0) is 33.1 Å². The van der Waals surface area contributed by atoms with E-state index in [1.807, 2.05) is 13.8 Å². The average Bonchev–Trinajstić information content (AvgIpc) is 2.71. The number of guanidine groups is 1. The Hall–Kier alpha value is -1.43. The van der Waals surface area contributed by atoms with E-state index in [1.54, 1.807) is 7.05 Å². The van der Waals surface area contributed by atoms with Gasteiger partial charge in [0.15, 0.2) is 5.96 Å². The molecular formula is C19H38N6O4S. The van der Waals surface area contributed by atoms with Gasteiger partial charge in [-0.15, -0.1) is 0 Å². The minimum atomic E-state index is -3.37. The highest BCUT2D eigenvalue weighted by molar-refractivity contribution is 7.89. The van der Waals surface area contributed by atoms with Gasteiger partial charge in [0.05, 0.1) is 18.4 Å². The molecule has 11 heteroatoms. The second kappa shape index (κ2) is 12.4. The van der Waals surface area contributed by atoms with E-state index in [2.05, 4.69) is 30.1 Å². The largest absolute Gasteiger partial charge is 0.377 e. The summed E-state index contributed by atoms with van der Waals surface area (Å²) in [6.07, 6.45) is 3.01. The Morgan fingerprint density at radius 3 is 2.53 bits per heavy atom. The van der Waals surface area contributed by atoms with Crippen molar-refractivity contribution in [1.29, 1.82) is 0 Å². The zero-order valence-electron chi connectivity index (χ0n) is 18.5. The second-order valence-electron chi connectivity index (χ2n) is 8.12. The lowest BCUT2D eigenvalue weighted by Gasteiger charge is -2.36. The zero-order valence-corrected chi connectivity index (χ0v) is 19.3. The number of nitrogens with zero attached hydrogens (tertiary/aromatic N) is 3. The maximum atomic E-state index is 12.2. The number of sulfonamides is 1. The molecule has 2 aliphatic rings. The minimum Gasteiger partial charge on any atom is -0.377 e. The number of hydrogen-bond donors (Lipinski definition) is 3. The Morgan fingerprint density at radius 1 is 1.20 bits per heavy atom. The summed E-state index contributed by atoms with van der Waals surface area (Å²) < 4.78 is 32.7. The lowest BCUT2D eigenvalue weighted by Crippen LogP contribution is -2.54. The van der Waals surface area contributed by atoms with Crippen molar-refractivity contribution < 1.29 is 17.9 Å². The third-order valence-electron chi connectivity index (χ3n) is 5.16. The molecule has 10 nitrogen and oxygen atoms in total. The number of rotatable bonds is 9. The molecule has 1 amide bonds. The first-order valence-electron chi connectivity index (χ1n) is 10.9. The van der Waals surface area contributed by atoms with Crippen molar-refractivity contribution >= 4 is 21.9 Å². The fraction of sp³-hybridized carbons (Fsp3) is 0.895. The van der Waals surface area contributed by atoms with Crippen LogP contribution in [0.4, 0.5) is 0 Å². The van der Waals surface area contributed by atoms with Crippen molar-refractivity contribution in [2.75, 3.05) is 65.2 Å². The Labute approximate surface area is 180 Å². The van der Waals surface area contributed by atoms with Crippen LogP contribution in [0.25, 0.3) is 0 Å². The standard InChI is InChI=1S/C19H38N6O4S/c1-16(2)23-18(26)15-24-8-10-25(11-9-24)19(20-3)21-7-13-30(27,28)22-14-17-6-4-5-12-29-17/h16-17,22H,4-15H2,1-3H3,(H,20,21)(H,23,26). The van der Waals surface area contributed by atoms with E-state index >= 15 is 0 Å². The van der Waals surface area contributed by atoms with Crippen molar-refractivity contribution in [1.82, 2.24) is 25.2 Å². The molecule has 2 saturated heterocycles. The number of amides is 1. The highest BCUT2D eigenvalue weighted by atomic mass is 32.2. The van der Waals surface area contributed by atoms with Crippen molar-refractivity contribution in [3.05, 3.63) is 0 Å². The van der Waals surface area contributed by atoms with E-state index in [1.165, 1.54) is 0 Å². The molecule has 0 aromatic carbocycles. The molecule has 2 rings (SSSR count). The van der Waals surface area contributed by atoms with Crippen LogP contribution >= 0.6 is 0 Å². The molecule has 0 spiro atoms. The van der Waals surface area contributed by atoms with Crippen molar-refractivity contribution in [3.63, 3.8) is 0 Å². The number of hydrogen-bond acceptors (Lipinski definition) is 6. The van der Waals surface area contributed by atoms with Gasteiger partial charge in [0.2, 0.25) is 15.9 Å². The first-order chi connectivity index (χ1) is 14.3. The Morgan fingerprint density at radius 2 is 1.93 bits per heavy atom. The molecule has 0 aromatic heterocycles. The molecule has 0 saturated carbocycles. The number of aliphatic imine (C=N–C) groups is 1. The van der Waals surface area contributed by atoms with Crippen LogP contribution in [0.1, 0.15) is 33.1 Å². The van der Waals surface area contributed by atoms with Gasteiger partial charge in [0.1, 0.15) is 0 Å². The third-order valence-corrected chi connectivity index (χ3v) is 6.51. The van der Waals surface area contributed by atoms with Crippen molar-refractivity contribution in [2.45, 2.75) is 45.3 Å². The SMILES string of the molecule is CN=C(NCCS(=O)(=O)NCC1CCCCO1)N1CCN(CC(=O)NC(C)C)CC1. The van der Waals surface area contributed by atoms with E-state index in [4.69, 9.17) is 4.74 Å².